The molecule has 0 aromatic heterocycles. The van der Waals surface area contributed by atoms with Crippen molar-refractivity contribution in [1.29, 1.82) is 0 Å². The van der Waals surface area contributed by atoms with Crippen LogP contribution >= 0.6 is 0 Å². The van der Waals surface area contributed by atoms with Crippen molar-refractivity contribution >= 4 is 0 Å². The molecule has 0 bridgehead atoms. The van der Waals surface area contributed by atoms with Crippen LogP contribution in [0.15, 0.2) is 48.5 Å². The minimum absolute atomic E-state index is 0.175. The second-order valence-electron chi connectivity index (χ2n) is 5.90. The van der Waals surface area contributed by atoms with Crippen LogP contribution in [-0.4, -0.2) is 0 Å². The van der Waals surface area contributed by atoms with Gasteiger partial charge in [0.2, 0.25) is 0 Å². The van der Waals surface area contributed by atoms with E-state index in [2.05, 4.69) is 24.3 Å². The third-order valence-electron chi connectivity index (χ3n) is 4.42. The van der Waals surface area contributed by atoms with Crippen molar-refractivity contribution in [1.82, 2.24) is 0 Å². The highest BCUT2D eigenvalue weighted by atomic mass is 19.1. The summed E-state index contributed by atoms with van der Waals surface area (Å²) in [4.78, 5) is 0. The first kappa shape index (κ1) is 13.4. The summed E-state index contributed by atoms with van der Waals surface area (Å²) in [5.41, 5.74) is 3.68. The van der Waals surface area contributed by atoms with Gasteiger partial charge < -0.3 is 0 Å². The van der Waals surface area contributed by atoms with E-state index in [1.807, 2.05) is 12.1 Å². The third kappa shape index (κ3) is 3.27. The zero-order valence-electron chi connectivity index (χ0n) is 11.8. The van der Waals surface area contributed by atoms with Crippen molar-refractivity contribution in [3.8, 4) is 11.1 Å². The van der Waals surface area contributed by atoms with Gasteiger partial charge in [-0.15, -0.1) is 0 Å². The molecule has 3 rings (SSSR count). The van der Waals surface area contributed by atoms with Crippen molar-refractivity contribution in [2.75, 3.05) is 0 Å². The lowest BCUT2D eigenvalue weighted by Crippen LogP contribution is -1.96. The molecule has 0 unspecified atom stereocenters. The zero-order chi connectivity index (χ0) is 13.8. The van der Waals surface area contributed by atoms with Gasteiger partial charge in [-0.05, 0) is 47.6 Å². The standard InChI is InChI=1S/C19H21F/c20-19-12-10-17(11-13-19)18-7-3-6-16(14-18)9-8-15-4-1-2-5-15/h3,6-7,10-15H,1-2,4-5,8-9H2. The normalized spacial score (nSPS) is 15.7. The molecule has 0 atom stereocenters. The predicted molar refractivity (Wildman–Crippen MR) is 82.1 cm³/mol. The number of aryl methyl sites for hydroxylation is 1. The molecule has 1 heteroatoms. The number of halogens is 1. The van der Waals surface area contributed by atoms with Gasteiger partial charge in [-0.3, -0.25) is 0 Å². The monoisotopic (exact) mass is 268 g/mol. The molecular formula is C19H21F. The van der Waals surface area contributed by atoms with Crippen LogP contribution in [0.4, 0.5) is 4.39 Å². The van der Waals surface area contributed by atoms with Crippen LogP contribution in [0.1, 0.15) is 37.7 Å². The van der Waals surface area contributed by atoms with E-state index in [-0.39, 0.29) is 5.82 Å². The van der Waals surface area contributed by atoms with Crippen LogP contribution in [0.2, 0.25) is 0 Å². The van der Waals surface area contributed by atoms with Crippen molar-refractivity contribution in [3.05, 3.63) is 59.9 Å². The second kappa shape index (κ2) is 6.21. The maximum atomic E-state index is 13.0. The van der Waals surface area contributed by atoms with Crippen molar-refractivity contribution in [2.45, 2.75) is 38.5 Å². The van der Waals surface area contributed by atoms with Gasteiger partial charge >= 0.3 is 0 Å². The molecule has 0 aliphatic heterocycles. The van der Waals surface area contributed by atoms with E-state index in [0.29, 0.717) is 0 Å². The van der Waals surface area contributed by atoms with Crippen molar-refractivity contribution in [3.63, 3.8) is 0 Å². The van der Waals surface area contributed by atoms with Gasteiger partial charge in [0.1, 0.15) is 5.82 Å². The van der Waals surface area contributed by atoms with Crippen molar-refractivity contribution in [2.24, 2.45) is 5.92 Å². The molecule has 20 heavy (non-hydrogen) atoms. The Morgan fingerprint density at radius 1 is 0.900 bits per heavy atom. The van der Waals surface area contributed by atoms with Crippen LogP contribution in [0, 0.1) is 11.7 Å². The molecule has 2 aromatic carbocycles. The molecule has 104 valence electrons. The first-order valence-electron chi connectivity index (χ1n) is 7.66. The minimum atomic E-state index is -0.175. The van der Waals surface area contributed by atoms with Gasteiger partial charge in [0.05, 0.1) is 0 Å². The van der Waals surface area contributed by atoms with E-state index < -0.39 is 0 Å². The summed E-state index contributed by atoms with van der Waals surface area (Å²) in [7, 11) is 0. The molecule has 0 nitrogen and oxygen atoms in total. The Bertz CT molecular complexity index is 550. The Morgan fingerprint density at radius 3 is 2.40 bits per heavy atom. The molecule has 0 radical (unpaired) electrons. The molecule has 0 N–H and O–H groups in total. The van der Waals surface area contributed by atoms with Crippen LogP contribution in [-0.2, 0) is 6.42 Å². The van der Waals surface area contributed by atoms with Gasteiger partial charge in [0.15, 0.2) is 0 Å². The van der Waals surface area contributed by atoms with Gasteiger partial charge in [0.25, 0.3) is 0 Å². The molecule has 1 aliphatic rings. The molecule has 1 aliphatic carbocycles. The average molecular weight is 268 g/mol. The Balaban J connectivity index is 1.70. The number of benzene rings is 2. The SMILES string of the molecule is Fc1ccc(-c2cccc(CCC3CCCC3)c2)cc1. The first-order valence-corrected chi connectivity index (χ1v) is 7.66. The van der Waals surface area contributed by atoms with Crippen LogP contribution in [0.25, 0.3) is 11.1 Å². The molecule has 0 spiro atoms. The maximum Gasteiger partial charge on any atom is 0.123 e. The van der Waals surface area contributed by atoms with Gasteiger partial charge in [0, 0.05) is 0 Å². The summed E-state index contributed by atoms with van der Waals surface area (Å²) >= 11 is 0. The molecule has 1 saturated carbocycles. The molecule has 0 saturated heterocycles. The van der Waals surface area contributed by atoms with E-state index in [4.69, 9.17) is 0 Å². The number of hydrogen-bond donors (Lipinski definition) is 0. The zero-order valence-corrected chi connectivity index (χ0v) is 11.8. The lowest BCUT2D eigenvalue weighted by molar-refractivity contribution is 0.504. The fourth-order valence-electron chi connectivity index (χ4n) is 3.22. The smallest absolute Gasteiger partial charge is 0.123 e. The van der Waals surface area contributed by atoms with E-state index >= 15 is 0 Å². The number of rotatable bonds is 4. The highest BCUT2D eigenvalue weighted by Gasteiger charge is 2.14. The summed E-state index contributed by atoms with van der Waals surface area (Å²) < 4.78 is 13.0. The second-order valence-corrected chi connectivity index (χ2v) is 5.90. The Labute approximate surface area is 120 Å². The first-order chi connectivity index (χ1) is 9.81. The highest BCUT2D eigenvalue weighted by Crippen LogP contribution is 2.29. The molecule has 0 heterocycles. The van der Waals surface area contributed by atoms with E-state index in [9.17, 15) is 4.39 Å². The van der Waals surface area contributed by atoms with Gasteiger partial charge in [-0.2, -0.15) is 0 Å². The summed E-state index contributed by atoms with van der Waals surface area (Å²) in [6, 6.07) is 15.4. The average Bonchev–Trinajstić information content (AvgIpc) is 3.00. The highest BCUT2D eigenvalue weighted by molar-refractivity contribution is 5.64. The summed E-state index contributed by atoms with van der Waals surface area (Å²) in [6.07, 6.45) is 8.14. The fraction of sp³-hybridized carbons (Fsp3) is 0.368. The topological polar surface area (TPSA) is 0 Å². The van der Waals surface area contributed by atoms with E-state index in [0.717, 1.165) is 11.5 Å². The van der Waals surface area contributed by atoms with Crippen LogP contribution in [0.3, 0.4) is 0 Å². The summed E-state index contributed by atoms with van der Waals surface area (Å²) in [5.74, 6) is 0.760. The molecule has 0 amide bonds. The predicted octanol–water partition coefficient (Wildman–Crippen LogP) is 5.62. The maximum absolute atomic E-state index is 13.0. The fourth-order valence-corrected chi connectivity index (χ4v) is 3.22. The quantitative estimate of drug-likeness (QED) is 0.675. The molecule has 1 fully saturated rings. The van der Waals surface area contributed by atoms with Crippen LogP contribution in [0.5, 0.6) is 0 Å². The van der Waals surface area contributed by atoms with Crippen molar-refractivity contribution < 1.29 is 4.39 Å². The minimum Gasteiger partial charge on any atom is -0.207 e. The Kier molecular flexibility index (Phi) is 4.15. The lowest BCUT2D eigenvalue weighted by atomic mass is 9.96. The lowest BCUT2D eigenvalue weighted by Gasteiger charge is -2.10. The Hall–Kier alpha value is -1.63. The van der Waals surface area contributed by atoms with Crippen LogP contribution < -0.4 is 0 Å². The molecule has 2 aromatic rings. The van der Waals surface area contributed by atoms with E-state index in [1.165, 1.54) is 61.8 Å². The summed E-state index contributed by atoms with van der Waals surface area (Å²) in [6.45, 7) is 0. The van der Waals surface area contributed by atoms with E-state index in [1.54, 1.807) is 0 Å². The van der Waals surface area contributed by atoms with Gasteiger partial charge in [-0.1, -0.05) is 62.1 Å². The number of hydrogen-bond acceptors (Lipinski definition) is 0. The largest absolute Gasteiger partial charge is 0.207 e. The van der Waals surface area contributed by atoms with Gasteiger partial charge in [-0.25, -0.2) is 4.39 Å². The summed E-state index contributed by atoms with van der Waals surface area (Å²) in [5, 5.41) is 0. The Morgan fingerprint density at radius 2 is 1.65 bits per heavy atom. The molecular weight excluding hydrogens is 247 g/mol. The third-order valence-corrected chi connectivity index (χ3v) is 4.42.